The van der Waals surface area contributed by atoms with Gasteiger partial charge in [0.25, 0.3) is 0 Å². The Morgan fingerprint density at radius 3 is 2.68 bits per heavy atom. The minimum absolute atomic E-state index is 0.0838. The summed E-state index contributed by atoms with van der Waals surface area (Å²) in [4.78, 5) is 0. The lowest BCUT2D eigenvalue weighted by molar-refractivity contribution is 0.316. The summed E-state index contributed by atoms with van der Waals surface area (Å²) in [6.07, 6.45) is 0.487. The predicted octanol–water partition coefficient (Wildman–Crippen LogP) is 3.54. The fraction of sp³-hybridized carbons (Fsp3) is 0.214. The zero-order valence-electron chi connectivity index (χ0n) is 10.6. The number of nitrogens with two attached hydrogens (primary N) is 1. The lowest BCUT2D eigenvalue weighted by Crippen LogP contribution is -2.24. The first-order chi connectivity index (χ1) is 9.11. The molecule has 19 heavy (non-hydrogen) atoms. The Labute approximate surface area is 120 Å². The number of benzene rings is 2. The minimum atomic E-state index is 0.0838. The summed E-state index contributed by atoms with van der Waals surface area (Å²) in [6.45, 7) is 1.99. The summed E-state index contributed by atoms with van der Waals surface area (Å²) in [6, 6.07) is 12.3. The smallest absolute Gasteiger partial charge is 0.141 e. The van der Waals surface area contributed by atoms with Crippen LogP contribution in [0.2, 0.25) is 0 Å². The van der Waals surface area contributed by atoms with Crippen LogP contribution in [0.4, 0.5) is 5.69 Å². The number of nitrogens with zero attached hydrogens (tertiary/aromatic N) is 1. The van der Waals surface area contributed by atoms with Crippen molar-refractivity contribution in [3.05, 3.63) is 40.9 Å². The highest BCUT2D eigenvalue weighted by atomic mass is 79.9. The molecule has 1 unspecified atom stereocenters. The average molecular weight is 322 g/mol. The standard InChI is InChI=1S/C14H16BrN3O/c1-9(8-14(16)18-19)17-13-7-6-12(15)10-4-2-3-5-11(10)13/h2-7,9,17,19H,8H2,1H3,(H2,16,18). The topological polar surface area (TPSA) is 70.6 Å². The molecular weight excluding hydrogens is 306 g/mol. The summed E-state index contributed by atoms with van der Waals surface area (Å²) < 4.78 is 1.07. The Morgan fingerprint density at radius 1 is 1.32 bits per heavy atom. The number of halogens is 1. The first-order valence-corrected chi connectivity index (χ1v) is 6.81. The Morgan fingerprint density at radius 2 is 2.00 bits per heavy atom. The molecule has 2 aromatic rings. The van der Waals surface area contributed by atoms with Crippen LogP contribution in [-0.2, 0) is 0 Å². The van der Waals surface area contributed by atoms with Crippen LogP contribution >= 0.6 is 15.9 Å². The Balaban J connectivity index is 2.28. The first kappa shape index (κ1) is 13.7. The maximum Gasteiger partial charge on any atom is 0.141 e. The van der Waals surface area contributed by atoms with Gasteiger partial charge in [0, 0.05) is 28.0 Å². The normalized spacial score (nSPS) is 13.5. The van der Waals surface area contributed by atoms with Gasteiger partial charge in [0.2, 0.25) is 0 Å². The van der Waals surface area contributed by atoms with Crippen LogP contribution in [0.3, 0.4) is 0 Å². The molecule has 0 saturated carbocycles. The molecule has 5 heteroatoms. The molecule has 0 radical (unpaired) electrons. The van der Waals surface area contributed by atoms with Crippen molar-refractivity contribution in [2.75, 3.05) is 5.32 Å². The number of amidine groups is 1. The van der Waals surface area contributed by atoms with Crippen LogP contribution < -0.4 is 11.1 Å². The zero-order chi connectivity index (χ0) is 13.8. The SMILES string of the molecule is CC(C/C(N)=N/O)Nc1ccc(Br)c2ccccc12. The molecule has 0 aliphatic rings. The molecule has 0 aliphatic carbocycles. The van der Waals surface area contributed by atoms with Crippen molar-refractivity contribution >= 4 is 38.2 Å². The highest BCUT2D eigenvalue weighted by Crippen LogP contribution is 2.30. The van der Waals surface area contributed by atoms with E-state index >= 15 is 0 Å². The molecule has 100 valence electrons. The molecule has 2 rings (SSSR count). The van der Waals surface area contributed by atoms with E-state index in [4.69, 9.17) is 10.9 Å². The van der Waals surface area contributed by atoms with Crippen molar-refractivity contribution in [1.82, 2.24) is 0 Å². The van der Waals surface area contributed by atoms with Crippen molar-refractivity contribution in [3.8, 4) is 0 Å². The molecule has 0 amide bonds. The van der Waals surface area contributed by atoms with Crippen LogP contribution in [-0.4, -0.2) is 17.1 Å². The number of hydrogen-bond acceptors (Lipinski definition) is 3. The number of hydrogen-bond donors (Lipinski definition) is 3. The minimum Gasteiger partial charge on any atom is -0.409 e. The molecule has 0 fully saturated rings. The third-order valence-corrected chi connectivity index (χ3v) is 3.61. The van der Waals surface area contributed by atoms with Crippen LogP contribution in [0, 0.1) is 0 Å². The number of anilines is 1. The third kappa shape index (κ3) is 3.17. The zero-order valence-corrected chi connectivity index (χ0v) is 12.2. The van der Waals surface area contributed by atoms with Gasteiger partial charge in [0.15, 0.2) is 0 Å². The van der Waals surface area contributed by atoms with Crippen LogP contribution in [0.15, 0.2) is 46.0 Å². The van der Waals surface area contributed by atoms with E-state index in [1.807, 2.05) is 31.2 Å². The summed E-state index contributed by atoms with van der Waals surface area (Å²) in [5, 5.41) is 17.3. The van der Waals surface area contributed by atoms with Crippen LogP contribution in [0.1, 0.15) is 13.3 Å². The molecule has 1 atom stereocenters. The van der Waals surface area contributed by atoms with Crippen molar-refractivity contribution in [2.24, 2.45) is 10.9 Å². The molecule has 0 spiro atoms. The molecule has 0 heterocycles. The molecule has 0 bridgehead atoms. The van der Waals surface area contributed by atoms with E-state index in [0.29, 0.717) is 6.42 Å². The lowest BCUT2D eigenvalue weighted by Gasteiger charge is -2.16. The molecule has 0 aromatic heterocycles. The summed E-state index contributed by atoms with van der Waals surface area (Å²) >= 11 is 3.55. The van der Waals surface area contributed by atoms with Crippen molar-refractivity contribution in [3.63, 3.8) is 0 Å². The third-order valence-electron chi connectivity index (χ3n) is 2.92. The van der Waals surface area contributed by atoms with Crippen molar-refractivity contribution in [2.45, 2.75) is 19.4 Å². The van der Waals surface area contributed by atoms with Crippen LogP contribution in [0.5, 0.6) is 0 Å². The maximum absolute atomic E-state index is 8.59. The van der Waals surface area contributed by atoms with Crippen molar-refractivity contribution < 1.29 is 5.21 Å². The number of oxime groups is 1. The van der Waals surface area contributed by atoms with E-state index in [2.05, 4.69) is 38.5 Å². The fourth-order valence-electron chi connectivity index (χ4n) is 2.06. The second-order valence-corrected chi connectivity index (χ2v) is 5.34. The molecule has 4 N–H and O–H groups in total. The molecule has 4 nitrogen and oxygen atoms in total. The van der Waals surface area contributed by atoms with Gasteiger partial charge in [-0.15, -0.1) is 0 Å². The number of rotatable bonds is 4. The quantitative estimate of drug-likeness (QED) is 0.349. The van der Waals surface area contributed by atoms with Gasteiger partial charge in [-0.2, -0.15) is 0 Å². The highest BCUT2D eigenvalue weighted by Gasteiger charge is 2.08. The van der Waals surface area contributed by atoms with E-state index in [9.17, 15) is 0 Å². The second kappa shape index (κ2) is 5.93. The molecule has 2 aromatic carbocycles. The van der Waals surface area contributed by atoms with Crippen molar-refractivity contribution in [1.29, 1.82) is 0 Å². The van der Waals surface area contributed by atoms with Gasteiger partial charge in [-0.3, -0.25) is 0 Å². The van der Waals surface area contributed by atoms with Gasteiger partial charge >= 0.3 is 0 Å². The maximum atomic E-state index is 8.59. The summed E-state index contributed by atoms with van der Waals surface area (Å²) in [7, 11) is 0. The van der Waals surface area contributed by atoms with E-state index in [-0.39, 0.29) is 11.9 Å². The van der Waals surface area contributed by atoms with E-state index < -0.39 is 0 Å². The molecular formula is C14H16BrN3O. The fourth-order valence-corrected chi connectivity index (χ4v) is 2.54. The van der Waals surface area contributed by atoms with Gasteiger partial charge < -0.3 is 16.3 Å². The molecule has 0 aliphatic heterocycles. The summed E-state index contributed by atoms with van der Waals surface area (Å²) in [5.74, 6) is 0.224. The van der Waals surface area contributed by atoms with Gasteiger partial charge in [0.05, 0.1) is 0 Å². The lowest BCUT2D eigenvalue weighted by atomic mass is 10.1. The largest absolute Gasteiger partial charge is 0.409 e. The van der Waals surface area contributed by atoms with Gasteiger partial charge in [-0.25, -0.2) is 0 Å². The number of nitrogens with one attached hydrogen (secondary N) is 1. The van der Waals surface area contributed by atoms with Crippen LogP contribution in [0.25, 0.3) is 10.8 Å². The Hall–Kier alpha value is -1.75. The van der Waals surface area contributed by atoms with Gasteiger partial charge in [-0.1, -0.05) is 45.4 Å². The van der Waals surface area contributed by atoms with E-state index in [0.717, 1.165) is 20.9 Å². The Kier molecular flexibility index (Phi) is 4.27. The van der Waals surface area contributed by atoms with Gasteiger partial charge in [-0.05, 0) is 24.4 Å². The average Bonchev–Trinajstić information content (AvgIpc) is 2.42. The summed E-state index contributed by atoms with van der Waals surface area (Å²) in [5.41, 5.74) is 6.56. The second-order valence-electron chi connectivity index (χ2n) is 4.48. The number of fused-ring (bicyclic) bond motifs is 1. The predicted molar refractivity (Wildman–Crippen MR) is 82.8 cm³/mol. The molecule has 0 saturated heterocycles. The Bertz CT molecular complexity index is 613. The first-order valence-electron chi connectivity index (χ1n) is 6.02. The van der Waals surface area contributed by atoms with E-state index in [1.165, 1.54) is 0 Å². The monoisotopic (exact) mass is 321 g/mol. The van der Waals surface area contributed by atoms with Gasteiger partial charge in [0.1, 0.15) is 5.84 Å². The van der Waals surface area contributed by atoms with E-state index in [1.54, 1.807) is 0 Å². The highest BCUT2D eigenvalue weighted by molar-refractivity contribution is 9.10.